The molecule has 1 saturated carbocycles. The van der Waals surface area contributed by atoms with Crippen LogP contribution in [-0.2, 0) is 9.22 Å². The van der Waals surface area contributed by atoms with E-state index in [9.17, 15) is 9.90 Å². The van der Waals surface area contributed by atoms with Gasteiger partial charge in [0, 0.05) is 24.9 Å². The summed E-state index contributed by atoms with van der Waals surface area (Å²) in [5.74, 6) is 1.48. The van der Waals surface area contributed by atoms with E-state index in [2.05, 4.69) is 39.2 Å². The second-order valence-corrected chi connectivity index (χ2v) is 15.9. The van der Waals surface area contributed by atoms with Gasteiger partial charge in [0.25, 0.3) is 0 Å². The molecule has 0 aromatic rings. The number of rotatable bonds is 6. The molecule has 0 saturated heterocycles. The molecule has 0 aliphatic heterocycles. The third kappa shape index (κ3) is 3.73. The molecule has 4 aliphatic carbocycles. The van der Waals surface area contributed by atoms with Crippen LogP contribution >= 0.6 is 0 Å². The van der Waals surface area contributed by atoms with Crippen LogP contribution in [0.2, 0.25) is 19.6 Å². The number of hydrogen-bond donors (Lipinski definition) is 1. The van der Waals surface area contributed by atoms with Crippen LogP contribution < -0.4 is 0 Å². The van der Waals surface area contributed by atoms with Crippen molar-refractivity contribution in [3.05, 3.63) is 34.9 Å². The minimum Gasteiger partial charge on any atom is -0.418 e. The van der Waals surface area contributed by atoms with E-state index < -0.39 is 13.9 Å². The summed E-state index contributed by atoms with van der Waals surface area (Å²) >= 11 is 0. The number of aliphatic hydroxyl groups is 1. The number of hydrogen-bond acceptors (Lipinski definition) is 3. The molecule has 1 N–H and O–H groups in total. The van der Waals surface area contributed by atoms with E-state index in [-0.39, 0.29) is 5.41 Å². The van der Waals surface area contributed by atoms with Crippen LogP contribution in [-0.4, -0.2) is 31.4 Å². The Morgan fingerprint density at radius 3 is 2.77 bits per heavy atom. The Hall–Kier alpha value is -0.973. The molecule has 0 radical (unpaired) electrons. The molecule has 4 rings (SSSR count). The Kier molecular flexibility index (Phi) is 5.83. The van der Waals surface area contributed by atoms with Crippen molar-refractivity contribution in [3.63, 3.8) is 0 Å². The Balaban J connectivity index is 1.50. The van der Waals surface area contributed by atoms with Gasteiger partial charge in [-0.1, -0.05) is 25.2 Å². The molecule has 0 bridgehead atoms. The lowest BCUT2D eigenvalue weighted by Gasteiger charge is -2.51. The van der Waals surface area contributed by atoms with Gasteiger partial charge in [-0.05, 0) is 99.6 Å². The molecule has 0 aromatic heterocycles. The van der Waals surface area contributed by atoms with Crippen LogP contribution in [0.25, 0.3) is 0 Å². The molecular formula is C26H40O3Si. The van der Waals surface area contributed by atoms with Gasteiger partial charge in [0.15, 0.2) is 8.32 Å². The SMILES string of the molecule is C=C(CCCO[Si](C)(C)C)[C@]1(O)CC[C@H]2[C@@H]3CCC4=C(CCC(=O)C4)C3=CC[C@@]21C. The Morgan fingerprint density at radius 2 is 2.03 bits per heavy atom. The lowest BCUT2D eigenvalue weighted by molar-refractivity contribution is -0.118. The third-order valence-electron chi connectivity index (χ3n) is 8.55. The van der Waals surface area contributed by atoms with Gasteiger partial charge in [0.05, 0.1) is 5.60 Å². The molecule has 0 heterocycles. The minimum absolute atomic E-state index is 0.125. The predicted octanol–water partition coefficient (Wildman–Crippen LogP) is 6.11. The van der Waals surface area contributed by atoms with Crippen molar-refractivity contribution in [2.24, 2.45) is 17.3 Å². The largest absolute Gasteiger partial charge is 0.418 e. The summed E-state index contributed by atoms with van der Waals surface area (Å²) in [7, 11) is -1.49. The molecular weight excluding hydrogens is 388 g/mol. The van der Waals surface area contributed by atoms with Crippen LogP contribution in [0.4, 0.5) is 0 Å². The van der Waals surface area contributed by atoms with Crippen molar-refractivity contribution >= 4 is 14.1 Å². The number of ketones is 1. The molecule has 1 fully saturated rings. The third-order valence-corrected chi connectivity index (χ3v) is 9.62. The predicted molar refractivity (Wildman–Crippen MR) is 125 cm³/mol. The average molecular weight is 429 g/mol. The minimum atomic E-state index is -1.49. The van der Waals surface area contributed by atoms with Crippen molar-refractivity contribution in [1.29, 1.82) is 0 Å². The van der Waals surface area contributed by atoms with Gasteiger partial charge in [-0.25, -0.2) is 0 Å². The normalized spacial score (nSPS) is 36.2. The van der Waals surface area contributed by atoms with E-state index in [4.69, 9.17) is 4.43 Å². The fourth-order valence-electron chi connectivity index (χ4n) is 6.88. The second-order valence-electron chi connectivity index (χ2n) is 11.4. The van der Waals surface area contributed by atoms with Crippen molar-refractivity contribution in [1.82, 2.24) is 0 Å². The van der Waals surface area contributed by atoms with E-state index in [0.717, 1.165) is 63.5 Å². The standard InChI is InChI=1S/C26H40O3Si/c1-18(7-6-16-29-30(3,4)5)26(28)15-13-24-23-10-8-19-17-20(27)9-11-21(19)22(23)12-14-25(24,26)2/h12,23-24,28H,1,6-11,13-17H2,2-5H3/t23-,24+,25+,26-/m1/s1. The highest BCUT2D eigenvalue weighted by molar-refractivity contribution is 6.69. The summed E-state index contributed by atoms with van der Waals surface area (Å²) < 4.78 is 6.01. The molecule has 4 heteroatoms. The topological polar surface area (TPSA) is 46.5 Å². The summed E-state index contributed by atoms with van der Waals surface area (Å²) in [6.07, 6.45) is 11.6. The van der Waals surface area contributed by atoms with Crippen molar-refractivity contribution in [2.75, 3.05) is 6.61 Å². The maximum absolute atomic E-state index is 11.9. The zero-order chi connectivity index (χ0) is 21.7. The summed E-state index contributed by atoms with van der Waals surface area (Å²) in [4.78, 5) is 11.9. The van der Waals surface area contributed by atoms with Gasteiger partial charge in [-0.3, -0.25) is 4.79 Å². The second kappa shape index (κ2) is 7.86. The highest BCUT2D eigenvalue weighted by Gasteiger charge is 2.60. The summed E-state index contributed by atoms with van der Waals surface area (Å²) in [6.45, 7) is 14.1. The van der Waals surface area contributed by atoms with Crippen LogP contribution in [0, 0.1) is 17.3 Å². The average Bonchev–Trinajstić information content (AvgIpc) is 2.96. The van der Waals surface area contributed by atoms with Crippen LogP contribution in [0.5, 0.6) is 0 Å². The van der Waals surface area contributed by atoms with E-state index >= 15 is 0 Å². The summed E-state index contributed by atoms with van der Waals surface area (Å²) in [5, 5.41) is 11.9. The van der Waals surface area contributed by atoms with Crippen molar-refractivity contribution in [2.45, 2.75) is 96.4 Å². The zero-order valence-corrected chi connectivity index (χ0v) is 20.5. The Labute approximate surface area is 183 Å². The molecule has 4 atom stereocenters. The van der Waals surface area contributed by atoms with Gasteiger partial charge < -0.3 is 9.53 Å². The molecule has 30 heavy (non-hydrogen) atoms. The van der Waals surface area contributed by atoms with Gasteiger partial charge in [0.2, 0.25) is 0 Å². The van der Waals surface area contributed by atoms with Crippen molar-refractivity contribution in [3.8, 4) is 0 Å². The zero-order valence-electron chi connectivity index (χ0n) is 19.5. The smallest absolute Gasteiger partial charge is 0.183 e. The van der Waals surface area contributed by atoms with Crippen LogP contribution in [0.15, 0.2) is 34.9 Å². The highest BCUT2D eigenvalue weighted by atomic mass is 28.4. The number of allylic oxidation sites excluding steroid dienone is 4. The molecule has 166 valence electrons. The van der Waals surface area contributed by atoms with Gasteiger partial charge in [0.1, 0.15) is 5.78 Å². The molecule has 0 spiro atoms. The lowest BCUT2D eigenvalue weighted by atomic mass is 9.55. The molecule has 4 aliphatic rings. The lowest BCUT2D eigenvalue weighted by Crippen LogP contribution is -2.49. The summed E-state index contributed by atoms with van der Waals surface area (Å²) in [6, 6.07) is 0. The van der Waals surface area contributed by atoms with E-state index in [1.807, 2.05) is 0 Å². The van der Waals surface area contributed by atoms with E-state index in [1.165, 1.54) is 16.7 Å². The first-order valence-electron chi connectivity index (χ1n) is 12.0. The first kappa shape index (κ1) is 22.2. The quantitative estimate of drug-likeness (QED) is 0.315. The van der Waals surface area contributed by atoms with Gasteiger partial charge >= 0.3 is 0 Å². The first-order valence-corrected chi connectivity index (χ1v) is 15.4. The highest BCUT2D eigenvalue weighted by Crippen LogP contribution is 2.64. The fraction of sp³-hybridized carbons (Fsp3) is 0.731. The van der Waals surface area contributed by atoms with Gasteiger partial charge in [-0.2, -0.15) is 0 Å². The van der Waals surface area contributed by atoms with E-state index in [1.54, 1.807) is 0 Å². The van der Waals surface area contributed by atoms with E-state index in [0.29, 0.717) is 30.5 Å². The number of carbonyl (C=O) groups excluding carboxylic acids is 1. The van der Waals surface area contributed by atoms with Gasteiger partial charge in [-0.15, -0.1) is 0 Å². The first-order chi connectivity index (χ1) is 14.1. The number of carbonyl (C=O) groups is 1. The van der Waals surface area contributed by atoms with Crippen LogP contribution in [0.1, 0.15) is 71.1 Å². The molecule has 0 amide bonds. The fourth-order valence-corrected chi connectivity index (χ4v) is 7.63. The molecule has 0 aromatic carbocycles. The molecule has 3 nitrogen and oxygen atoms in total. The summed E-state index contributed by atoms with van der Waals surface area (Å²) in [5.41, 5.74) is 4.58. The Morgan fingerprint density at radius 1 is 1.27 bits per heavy atom. The van der Waals surface area contributed by atoms with Crippen molar-refractivity contribution < 1.29 is 14.3 Å². The van der Waals surface area contributed by atoms with Crippen LogP contribution in [0.3, 0.4) is 0 Å². The Bertz CT molecular complexity index is 802. The monoisotopic (exact) mass is 428 g/mol. The molecule has 0 unspecified atom stereocenters. The number of fused-ring (bicyclic) bond motifs is 4. The number of Topliss-reactive ketones (excluding diaryl/α,β-unsaturated/α-hetero) is 1. The maximum atomic E-state index is 11.9. The maximum Gasteiger partial charge on any atom is 0.183 e.